The Morgan fingerprint density at radius 1 is 0.733 bits per heavy atom. The first-order chi connectivity index (χ1) is 21.4. The number of halogens is 1. The van der Waals surface area contributed by atoms with Crippen molar-refractivity contribution >= 4 is 60.5 Å². The molecule has 0 unspecified atom stereocenters. The van der Waals surface area contributed by atoms with Crippen LogP contribution in [0.2, 0.25) is 0 Å². The molecule has 2 heterocycles. The lowest BCUT2D eigenvalue weighted by molar-refractivity contribution is 0.0591. The molecule has 0 amide bonds. The summed E-state index contributed by atoms with van der Waals surface area (Å²) in [4.78, 5) is 33.5. The molecule has 0 bridgehead atoms. The summed E-state index contributed by atoms with van der Waals surface area (Å²) in [7, 11) is 11.6. The zero-order valence-corrected chi connectivity index (χ0v) is 32.3. The molecule has 0 aliphatic heterocycles. The van der Waals surface area contributed by atoms with Crippen molar-refractivity contribution in [1.29, 1.82) is 0 Å². The van der Waals surface area contributed by atoms with Gasteiger partial charge in [0.05, 0.1) is 39.1 Å². The first-order valence-electron chi connectivity index (χ1n) is 16.3. The van der Waals surface area contributed by atoms with Gasteiger partial charge in [0, 0.05) is 42.6 Å². The molecule has 11 heteroatoms. The lowest BCUT2D eigenvalue weighted by atomic mass is 9.89. The molecule has 0 spiro atoms. The van der Waals surface area contributed by atoms with E-state index in [9.17, 15) is 9.59 Å². The van der Waals surface area contributed by atoms with Crippen LogP contribution in [0.3, 0.4) is 0 Å². The summed E-state index contributed by atoms with van der Waals surface area (Å²) in [5, 5.41) is 4.37. The third kappa shape index (κ3) is 9.03. The highest BCUT2D eigenvalue weighted by Crippen LogP contribution is 2.42. The third-order valence-corrected chi connectivity index (χ3v) is 12.9. The SMILES string of the molecule is CCN(c1sc(Br)c(C(=O)OC)c1C)C1CCC(N(C)C)CC1.CCN(c1scc(C(=O)OC)c1C)C1CCC(N(C)C)CC1. The fourth-order valence-corrected chi connectivity index (χ4v) is 10.3. The Morgan fingerprint density at radius 2 is 1.16 bits per heavy atom. The largest absolute Gasteiger partial charge is 0.465 e. The number of hydrogen-bond donors (Lipinski definition) is 0. The molecule has 4 rings (SSSR count). The Morgan fingerprint density at radius 3 is 1.56 bits per heavy atom. The molecule has 0 N–H and O–H groups in total. The summed E-state index contributed by atoms with van der Waals surface area (Å²) in [6.45, 7) is 10.4. The predicted octanol–water partition coefficient (Wildman–Crippen LogP) is 7.85. The molecule has 0 aromatic carbocycles. The van der Waals surface area contributed by atoms with Gasteiger partial charge in [-0.1, -0.05) is 0 Å². The molecule has 254 valence electrons. The van der Waals surface area contributed by atoms with E-state index in [0.717, 1.165) is 28.0 Å². The number of nitrogens with zero attached hydrogens (tertiary/aromatic N) is 4. The van der Waals surface area contributed by atoms with Crippen molar-refractivity contribution in [3.63, 3.8) is 0 Å². The van der Waals surface area contributed by atoms with E-state index in [1.807, 2.05) is 19.2 Å². The average Bonchev–Trinajstić information content (AvgIpc) is 3.56. The van der Waals surface area contributed by atoms with Gasteiger partial charge in [0.2, 0.25) is 0 Å². The topological polar surface area (TPSA) is 65.6 Å². The maximum Gasteiger partial charge on any atom is 0.340 e. The van der Waals surface area contributed by atoms with Gasteiger partial charge in [-0.05, 0) is 134 Å². The van der Waals surface area contributed by atoms with Crippen molar-refractivity contribution < 1.29 is 19.1 Å². The number of carbonyl (C=O) groups excluding carboxylic acids is 2. The van der Waals surface area contributed by atoms with Crippen LogP contribution in [0.5, 0.6) is 0 Å². The first kappa shape index (κ1) is 37.8. The van der Waals surface area contributed by atoms with Gasteiger partial charge in [-0.2, -0.15) is 0 Å². The Kier molecular flexibility index (Phi) is 14.7. The van der Waals surface area contributed by atoms with Gasteiger partial charge in [-0.25, -0.2) is 9.59 Å². The normalized spacial score (nSPS) is 21.7. The molecule has 8 nitrogen and oxygen atoms in total. The van der Waals surface area contributed by atoms with E-state index in [0.29, 0.717) is 35.3 Å². The number of hydrogen-bond acceptors (Lipinski definition) is 10. The van der Waals surface area contributed by atoms with Crippen LogP contribution in [0.1, 0.15) is 97.1 Å². The van der Waals surface area contributed by atoms with Crippen LogP contribution in [-0.4, -0.2) is 101 Å². The molecule has 2 saturated carbocycles. The third-order valence-electron chi connectivity index (χ3n) is 9.76. The van der Waals surface area contributed by atoms with Crippen LogP contribution in [0, 0.1) is 13.8 Å². The monoisotopic (exact) mass is 726 g/mol. The molecule has 0 saturated heterocycles. The minimum absolute atomic E-state index is 0.229. The van der Waals surface area contributed by atoms with Gasteiger partial charge in [0.25, 0.3) is 0 Å². The molecule has 2 aromatic heterocycles. The number of esters is 2. The number of methoxy groups -OCH3 is 2. The zero-order chi connectivity index (χ0) is 33.4. The molecule has 2 fully saturated rings. The molecular weight excluding hydrogens is 672 g/mol. The second-order valence-electron chi connectivity index (χ2n) is 12.7. The van der Waals surface area contributed by atoms with Crippen LogP contribution in [-0.2, 0) is 9.47 Å². The Bertz CT molecular complexity index is 1250. The fourth-order valence-electron chi connectivity index (χ4n) is 6.99. The number of ether oxygens (including phenoxy) is 2. The van der Waals surface area contributed by atoms with E-state index in [4.69, 9.17) is 9.47 Å². The Labute approximate surface area is 288 Å². The summed E-state index contributed by atoms with van der Waals surface area (Å²) >= 11 is 6.86. The molecule has 0 atom stereocenters. The fraction of sp³-hybridized carbons (Fsp3) is 0.706. The van der Waals surface area contributed by atoms with Crippen LogP contribution in [0.4, 0.5) is 10.0 Å². The lowest BCUT2D eigenvalue weighted by Crippen LogP contribution is -2.42. The van der Waals surface area contributed by atoms with Gasteiger partial charge in [-0.15, -0.1) is 22.7 Å². The van der Waals surface area contributed by atoms with Crippen LogP contribution in [0.25, 0.3) is 0 Å². The highest BCUT2D eigenvalue weighted by molar-refractivity contribution is 9.11. The molecule has 2 aromatic rings. The number of thiophene rings is 2. The van der Waals surface area contributed by atoms with Crippen molar-refractivity contribution in [2.75, 3.05) is 65.3 Å². The van der Waals surface area contributed by atoms with Gasteiger partial charge in [-0.3, -0.25) is 0 Å². The first-order valence-corrected chi connectivity index (χ1v) is 18.8. The minimum Gasteiger partial charge on any atom is -0.465 e. The summed E-state index contributed by atoms with van der Waals surface area (Å²) in [5.74, 6) is -0.489. The maximum atomic E-state index is 12.0. The van der Waals surface area contributed by atoms with Crippen LogP contribution in [0.15, 0.2) is 9.17 Å². The summed E-state index contributed by atoms with van der Waals surface area (Å²) in [6, 6.07) is 2.56. The van der Waals surface area contributed by atoms with E-state index >= 15 is 0 Å². The second-order valence-corrected chi connectivity index (χ2v) is 15.8. The van der Waals surface area contributed by atoms with Crippen molar-refractivity contribution in [2.45, 2.75) is 103 Å². The van der Waals surface area contributed by atoms with E-state index in [1.165, 1.54) is 75.6 Å². The molecule has 2 aliphatic rings. The van der Waals surface area contributed by atoms with E-state index < -0.39 is 0 Å². The molecule has 45 heavy (non-hydrogen) atoms. The number of anilines is 2. The van der Waals surface area contributed by atoms with Crippen molar-refractivity contribution in [2.24, 2.45) is 0 Å². The van der Waals surface area contributed by atoms with Gasteiger partial charge in [0.1, 0.15) is 0 Å². The lowest BCUT2D eigenvalue weighted by Gasteiger charge is -2.39. The highest BCUT2D eigenvalue weighted by Gasteiger charge is 2.31. The van der Waals surface area contributed by atoms with Crippen LogP contribution >= 0.6 is 38.6 Å². The van der Waals surface area contributed by atoms with Gasteiger partial charge >= 0.3 is 11.9 Å². The minimum atomic E-state index is -0.260. The number of carbonyl (C=O) groups is 2. The summed E-state index contributed by atoms with van der Waals surface area (Å²) < 4.78 is 10.7. The zero-order valence-electron chi connectivity index (χ0n) is 29.1. The Hall–Kier alpha value is -1.66. The van der Waals surface area contributed by atoms with Crippen molar-refractivity contribution in [3.05, 3.63) is 31.4 Å². The van der Waals surface area contributed by atoms with Gasteiger partial charge < -0.3 is 29.1 Å². The molecular formula is C34H55BrN4O4S2. The second kappa shape index (κ2) is 17.5. The van der Waals surface area contributed by atoms with E-state index in [2.05, 4.69) is 77.6 Å². The number of rotatable bonds is 10. The average molecular weight is 728 g/mol. The molecule has 0 radical (unpaired) electrons. The highest BCUT2D eigenvalue weighted by atomic mass is 79.9. The summed E-state index contributed by atoms with van der Waals surface area (Å²) in [6.07, 6.45) is 9.85. The maximum absolute atomic E-state index is 12.0. The van der Waals surface area contributed by atoms with Gasteiger partial charge in [0.15, 0.2) is 0 Å². The van der Waals surface area contributed by atoms with Crippen LogP contribution < -0.4 is 9.80 Å². The quantitative estimate of drug-likeness (QED) is 0.230. The predicted molar refractivity (Wildman–Crippen MR) is 194 cm³/mol. The van der Waals surface area contributed by atoms with E-state index in [-0.39, 0.29) is 11.9 Å². The smallest absolute Gasteiger partial charge is 0.340 e. The van der Waals surface area contributed by atoms with Crippen molar-refractivity contribution in [1.82, 2.24) is 9.80 Å². The Balaban J connectivity index is 0.000000246. The molecule has 2 aliphatic carbocycles. The summed E-state index contributed by atoms with van der Waals surface area (Å²) in [5.41, 5.74) is 3.48. The van der Waals surface area contributed by atoms with Crippen molar-refractivity contribution in [3.8, 4) is 0 Å². The standard InChI is InChI=1S/C17H27BrN2O2S.C17H28N2O2S/c1-6-20(13-9-7-12(8-10-13)19(3)4)16-11(2)14(15(18)23-16)17(21)22-5;1-6-19(14-9-7-13(8-10-14)18(3)4)16-12(2)15(11-22-16)17(20)21-5/h12-13H,6-10H2,1-5H3;11,13-14H,6-10H2,1-5H3. The van der Waals surface area contributed by atoms with E-state index in [1.54, 1.807) is 22.7 Å².